The lowest BCUT2D eigenvalue weighted by molar-refractivity contribution is 0.0704. The molecule has 142 valence electrons. The third-order valence-electron chi connectivity index (χ3n) is 4.22. The molecule has 26 heavy (non-hydrogen) atoms. The fourth-order valence-electron chi connectivity index (χ4n) is 2.79. The van der Waals surface area contributed by atoms with Gasteiger partial charge < -0.3 is 15.0 Å². The number of carbonyl (C=O) groups excluding carboxylic acids is 1. The summed E-state index contributed by atoms with van der Waals surface area (Å²) in [6, 6.07) is 11.5. The number of aromatic nitrogens is 1. The maximum Gasteiger partial charge on any atom is 0.259 e. The predicted molar refractivity (Wildman–Crippen MR) is 111 cm³/mol. The van der Waals surface area contributed by atoms with Crippen LogP contribution in [0.5, 0.6) is 11.6 Å². The average molecular weight is 463 g/mol. The number of carbonyl (C=O) groups is 1. The number of piperidine rings is 1. The fourth-order valence-corrected chi connectivity index (χ4v) is 3.06. The van der Waals surface area contributed by atoms with Crippen LogP contribution < -0.4 is 10.1 Å². The van der Waals surface area contributed by atoms with Crippen LogP contribution in [0.4, 0.5) is 0 Å². The lowest BCUT2D eigenvalue weighted by Crippen LogP contribution is -2.44. The smallest absolute Gasteiger partial charge is 0.259 e. The minimum atomic E-state index is -0.0234. The Balaban J connectivity index is 0.00000169. The molecule has 1 saturated heterocycles. The first kappa shape index (κ1) is 22.7. The van der Waals surface area contributed by atoms with Gasteiger partial charge in [0.2, 0.25) is 5.88 Å². The Morgan fingerprint density at radius 3 is 2.46 bits per heavy atom. The quantitative estimate of drug-likeness (QED) is 0.735. The number of ether oxygens (including phenoxy) is 1. The Bertz CT molecular complexity index is 708. The van der Waals surface area contributed by atoms with Gasteiger partial charge >= 0.3 is 0 Å². The number of nitrogens with one attached hydrogen (secondary N) is 1. The zero-order valence-electron chi connectivity index (χ0n) is 14.4. The first-order chi connectivity index (χ1) is 11.7. The first-order valence-corrected chi connectivity index (χ1v) is 8.81. The number of rotatable bonds is 4. The molecule has 3 rings (SSSR count). The molecule has 1 aromatic carbocycles. The highest BCUT2D eigenvalue weighted by molar-refractivity contribution is 9.10. The topological polar surface area (TPSA) is 54.5 Å². The van der Waals surface area contributed by atoms with Crippen molar-refractivity contribution in [2.75, 3.05) is 20.1 Å². The van der Waals surface area contributed by atoms with Crippen molar-refractivity contribution in [3.63, 3.8) is 0 Å². The standard InChI is InChI=1S/C18H20BrN3O2.2ClH/c1-20-14-8-11-22(12-9-14)18(23)16-3-2-10-21-17(16)24-15-6-4-13(19)5-7-15;;/h2-7,10,14,20H,8-9,11-12H2,1H3;2*1H. The van der Waals surface area contributed by atoms with E-state index >= 15 is 0 Å². The maximum absolute atomic E-state index is 12.8. The van der Waals surface area contributed by atoms with Crippen LogP contribution in [0.1, 0.15) is 23.2 Å². The average Bonchev–Trinajstić information content (AvgIpc) is 2.63. The largest absolute Gasteiger partial charge is 0.438 e. The van der Waals surface area contributed by atoms with Gasteiger partial charge in [0.1, 0.15) is 11.3 Å². The molecule has 1 aromatic heterocycles. The Labute approximate surface area is 174 Å². The van der Waals surface area contributed by atoms with Crippen LogP contribution in [0.15, 0.2) is 47.1 Å². The molecule has 2 heterocycles. The van der Waals surface area contributed by atoms with Crippen LogP contribution in [0.3, 0.4) is 0 Å². The molecule has 0 spiro atoms. The Hall–Kier alpha value is -1.34. The van der Waals surface area contributed by atoms with Gasteiger partial charge in [-0.05, 0) is 56.3 Å². The Morgan fingerprint density at radius 2 is 1.85 bits per heavy atom. The summed E-state index contributed by atoms with van der Waals surface area (Å²) in [5, 5.41) is 3.27. The molecule has 0 atom stereocenters. The summed E-state index contributed by atoms with van der Waals surface area (Å²) in [4.78, 5) is 19.0. The molecule has 0 bridgehead atoms. The summed E-state index contributed by atoms with van der Waals surface area (Å²) in [7, 11) is 1.97. The van der Waals surface area contributed by atoms with Crippen LogP contribution in [0.2, 0.25) is 0 Å². The summed E-state index contributed by atoms with van der Waals surface area (Å²) in [6.45, 7) is 1.49. The highest BCUT2D eigenvalue weighted by atomic mass is 79.9. The van der Waals surface area contributed by atoms with Crippen LogP contribution in [-0.4, -0.2) is 42.0 Å². The summed E-state index contributed by atoms with van der Waals surface area (Å²) >= 11 is 3.39. The number of halogens is 3. The van der Waals surface area contributed by atoms with Crippen molar-refractivity contribution in [1.82, 2.24) is 15.2 Å². The number of pyridine rings is 1. The lowest BCUT2D eigenvalue weighted by atomic mass is 10.0. The highest BCUT2D eigenvalue weighted by Gasteiger charge is 2.25. The number of hydrogen-bond donors (Lipinski definition) is 1. The van der Waals surface area contributed by atoms with Gasteiger partial charge in [0.15, 0.2) is 0 Å². The van der Waals surface area contributed by atoms with E-state index in [1.807, 2.05) is 36.2 Å². The highest BCUT2D eigenvalue weighted by Crippen LogP contribution is 2.26. The Morgan fingerprint density at radius 1 is 1.19 bits per heavy atom. The summed E-state index contributed by atoms with van der Waals surface area (Å²) in [6.07, 6.45) is 3.56. The van der Waals surface area contributed by atoms with Gasteiger partial charge in [0.05, 0.1) is 0 Å². The minimum Gasteiger partial charge on any atom is -0.438 e. The number of benzene rings is 1. The van der Waals surface area contributed by atoms with Gasteiger partial charge in [-0.1, -0.05) is 15.9 Å². The van der Waals surface area contributed by atoms with Crippen molar-refractivity contribution in [3.8, 4) is 11.6 Å². The van der Waals surface area contributed by atoms with Crippen LogP contribution in [0.25, 0.3) is 0 Å². The molecule has 0 radical (unpaired) electrons. The second-order valence-corrected chi connectivity index (χ2v) is 6.68. The van der Waals surface area contributed by atoms with E-state index in [-0.39, 0.29) is 30.7 Å². The van der Waals surface area contributed by atoms with Crippen molar-refractivity contribution in [1.29, 1.82) is 0 Å². The van der Waals surface area contributed by atoms with Gasteiger partial charge in [-0.2, -0.15) is 0 Å². The zero-order valence-corrected chi connectivity index (χ0v) is 17.6. The molecule has 0 saturated carbocycles. The van der Waals surface area contributed by atoms with Crippen LogP contribution in [0, 0.1) is 0 Å². The first-order valence-electron chi connectivity index (χ1n) is 8.02. The molecule has 0 aliphatic carbocycles. The van der Waals surface area contributed by atoms with E-state index in [1.165, 1.54) is 0 Å². The minimum absolute atomic E-state index is 0. The molecule has 1 aliphatic rings. The molecule has 1 N–H and O–H groups in total. The van der Waals surface area contributed by atoms with E-state index in [1.54, 1.807) is 18.3 Å². The van der Waals surface area contributed by atoms with E-state index < -0.39 is 0 Å². The van der Waals surface area contributed by atoms with Gasteiger partial charge in [-0.15, -0.1) is 24.8 Å². The number of hydrogen-bond acceptors (Lipinski definition) is 4. The summed E-state index contributed by atoms with van der Waals surface area (Å²) in [5.41, 5.74) is 0.503. The van der Waals surface area contributed by atoms with E-state index in [4.69, 9.17) is 4.74 Å². The third-order valence-corrected chi connectivity index (χ3v) is 4.75. The number of likely N-dealkylation sites (tertiary alicyclic amines) is 1. The predicted octanol–water partition coefficient (Wildman–Crippen LogP) is 4.30. The van der Waals surface area contributed by atoms with Gasteiger partial charge in [0, 0.05) is 29.8 Å². The normalized spacial score (nSPS) is 14.2. The molecule has 1 fully saturated rings. The third kappa shape index (κ3) is 5.58. The van der Waals surface area contributed by atoms with Gasteiger partial charge in [0.25, 0.3) is 5.91 Å². The molecule has 5 nitrogen and oxygen atoms in total. The van der Waals surface area contributed by atoms with Crippen LogP contribution >= 0.6 is 40.7 Å². The number of nitrogens with zero attached hydrogens (tertiary/aromatic N) is 2. The van der Waals surface area contributed by atoms with E-state index in [9.17, 15) is 4.79 Å². The summed E-state index contributed by atoms with van der Waals surface area (Å²) < 4.78 is 6.80. The van der Waals surface area contributed by atoms with E-state index in [0.717, 1.165) is 30.4 Å². The van der Waals surface area contributed by atoms with Gasteiger partial charge in [-0.25, -0.2) is 4.98 Å². The monoisotopic (exact) mass is 461 g/mol. The summed E-state index contributed by atoms with van der Waals surface area (Å²) in [5.74, 6) is 0.977. The molecular formula is C18H22BrCl2N3O2. The maximum atomic E-state index is 12.8. The fraction of sp³-hybridized carbons (Fsp3) is 0.333. The van der Waals surface area contributed by atoms with Crippen molar-refractivity contribution >= 4 is 46.7 Å². The van der Waals surface area contributed by atoms with Crippen molar-refractivity contribution < 1.29 is 9.53 Å². The van der Waals surface area contributed by atoms with Gasteiger partial charge in [-0.3, -0.25) is 4.79 Å². The zero-order chi connectivity index (χ0) is 16.9. The molecule has 2 aromatic rings. The molecule has 8 heteroatoms. The van der Waals surface area contributed by atoms with Crippen molar-refractivity contribution in [2.24, 2.45) is 0 Å². The number of amides is 1. The van der Waals surface area contributed by atoms with Crippen LogP contribution in [-0.2, 0) is 0 Å². The molecule has 1 aliphatic heterocycles. The Kier molecular flexibility index (Phi) is 9.36. The molecule has 0 unspecified atom stereocenters. The second kappa shape index (κ2) is 10.7. The lowest BCUT2D eigenvalue weighted by Gasteiger charge is -2.32. The van der Waals surface area contributed by atoms with Crippen molar-refractivity contribution in [2.45, 2.75) is 18.9 Å². The molecule has 1 amide bonds. The van der Waals surface area contributed by atoms with E-state index in [0.29, 0.717) is 23.2 Å². The molecular weight excluding hydrogens is 441 g/mol. The van der Waals surface area contributed by atoms with Crippen molar-refractivity contribution in [3.05, 3.63) is 52.6 Å². The second-order valence-electron chi connectivity index (χ2n) is 5.77. The SMILES string of the molecule is CNC1CCN(C(=O)c2cccnc2Oc2ccc(Br)cc2)CC1.Cl.Cl. The van der Waals surface area contributed by atoms with E-state index in [2.05, 4.69) is 26.2 Å².